The number of nitrogens with one attached hydrogen (secondary N) is 1. The fraction of sp³-hybridized carbons (Fsp3) is 0.133. The predicted molar refractivity (Wildman–Crippen MR) is 84.5 cm³/mol. The van der Waals surface area contributed by atoms with Crippen molar-refractivity contribution < 1.29 is 27.3 Å². The molecule has 0 saturated heterocycles. The van der Waals surface area contributed by atoms with Crippen molar-refractivity contribution in [2.24, 2.45) is 0 Å². The summed E-state index contributed by atoms with van der Waals surface area (Å²) < 4.78 is 44.2. The second kappa shape index (κ2) is 7.81. The molecule has 2 aromatic carbocycles. The van der Waals surface area contributed by atoms with Gasteiger partial charge in [-0.15, -0.1) is 0 Å². The molecule has 0 amide bonds. The summed E-state index contributed by atoms with van der Waals surface area (Å²) in [7, 11) is -4.23. The van der Waals surface area contributed by atoms with Gasteiger partial charge in [0.2, 0.25) is 15.8 Å². The van der Waals surface area contributed by atoms with E-state index in [9.17, 15) is 27.7 Å². The summed E-state index contributed by atoms with van der Waals surface area (Å²) in [6, 6.07) is 10.9. The van der Waals surface area contributed by atoms with Gasteiger partial charge in [0.15, 0.2) is 0 Å². The van der Waals surface area contributed by atoms with Crippen LogP contribution in [0.3, 0.4) is 0 Å². The highest BCUT2D eigenvalue weighted by Gasteiger charge is 2.22. The van der Waals surface area contributed by atoms with Crippen LogP contribution < -0.4 is 4.72 Å². The maximum Gasteiger partial charge on any atom is 0.321 e. The Kier molecular flexibility index (Phi) is 5.78. The van der Waals surface area contributed by atoms with Crippen LogP contribution >= 0.6 is 0 Å². The third-order valence-electron chi connectivity index (χ3n) is 3.07. The third-order valence-corrected chi connectivity index (χ3v) is 4.47. The van der Waals surface area contributed by atoms with Gasteiger partial charge >= 0.3 is 11.7 Å². The molecule has 0 heterocycles. The van der Waals surface area contributed by atoms with Crippen LogP contribution in [0.4, 0.5) is 10.1 Å². The summed E-state index contributed by atoms with van der Waals surface area (Å²) in [6.07, 6.45) is 0. The SMILES string of the molecule is O=C(CNS(=O)(=O)c1ccc(F)c([N+](=O)[O-])c1)OCc1ccccc1. The van der Waals surface area contributed by atoms with E-state index >= 15 is 0 Å². The largest absolute Gasteiger partial charge is 0.460 e. The molecule has 2 aromatic rings. The van der Waals surface area contributed by atoms with E-state index in [-0.39, 0.29) is 6.61 Å². The molecule has 0 bridgehead atoms. The van der Waals surface area contributed by atoms with E-state index in [1.54, 1.807) is 30.3 Å². The molecule has 0 aliphatic carbocycles. The number of halogens is 1. The number of carbonyl (C=O) groups is 1. The normalized spacial score (nSPS) is 11.1. The Labute approximate surface area is 142 Å². The molecule has 0 saturated carbocycles. The summed E-state index contributed by atoms with van der Waals surface area (Å²) in [4.78, 5) is 20.7. The number of benzene rings is 2. The van der Waals surface area contributed by atoms with Crippen molar-refractivity contribution >= 4 is 21.7 Å². The Hall–Kier alpha value is -2.85. The molecule has 25 heavy (non-hydrogen) atoms. The molecule has 132 valence electrons. The van der Waals surface area contributed by atoms with Crippen molar-refractivity contribution in [3.63, 3.8) is 0 Å². The number of nitro groups is 1. The van der Waals surface area contributed by atoms with Crippen LogP contribution in [0.15, 0.2) is 53.4 Å². The summed E-state index contributed by atoms with van der Waals surface area (Å²) in [6.45, 7) is -0.691. The average Bonchev–Trinajstić information content (AvgIpc) is 2.59. The van der Waals surface area contributed by atoms with Gasteiger partial charge in [-0.25, -0.2) is 8.42 Å². The summed E-state index contributed by atoms with van der Waals surface area (Å²) in [5.41, 5.74) is -0.248. The van der Waals surface area contributed by atoms with Gasteiger partial charge in [0.25, 0.3) is 0 Å². The van der Waals surface area contributed by atoms with Crippen molar-refractivity contribution in [2.45, 2.75) is 11.5 Å². The van der Waals surface area contributed by atoms with E-state index in [4.69, 9.17) is 4.74 Å². The molecule has 1 N–H and O–H groups in total. The van der Waals surface area contributed by atoms with Crippen LogP contribution in [-0.4, -0.2) is 25.9 Å². The Bertz CT molecular complexity index is 886. The number of rotatable bonds is 7. The van der Waals surface area contributed by atoms with Crippen LogP contribution in [0.25, 0.3) is 0 Å². The van der Waals surface area contributed by atoms with Crippen molar-refractivity contribution in [1.82, 2.24) is 4.72 Å². The fourth-order valence-corrected chi connectivity index (χ4v) is 2.81. The molecular weight excluding hydrogens is 355 g/mol. The van der Waals surface area contributed by atoms with Gasteiger partial charge < -0.3 is 4.74 Å². The number of esters is 1. The van der Waals surface area contributed by atoms with Crippen LogP contribution in [0.5, 0.6) is 0 Å². The maximum absolute atomic E-state index is 13.3. The van der Waals surface area contributed by atoms with E-state index in [1.807, 2.05) is 4.72 Å². The summed E-state index contributed by atoms with van der Waals surface area (Å²) in [5.74, 6) is -1.99. The number of carbonyl (C=O) groups excluding carboxylic acids is 1. The van der Waals surface area contributed by atoms with Crippen molar-refractivity contribution in [3.05, 3.63) is 70.0 Å². The van der Waals surface area contributed by atoms with E-state index in [0.717, 1.165) is 11.6 Å². The van der Waals surface area contributed by atoms with Crippen LogP contribution in [-0.2, 0) is 26.2 Å². The molecule has 0 aromatic heterocycles. The summed E-state index contributed by atoms with van der Waals surface area (Å²) >= 11 is 0. The first-order valence-corrected chi connectivity index (χ1v) is 8.41. The number of nitrogens with zero attached hydrogens (tertiary/aromatic N) is 1. The number of sulfonamides is 1. The first kappa shape index (κ1) is 18.5. The van der Waals surface area contributed by atoms with Gasteiger partial charge in [0.05, 0.1) is 9.82 Å². The average molecular weight is 368 g/mol. The molecule has 10 heteroatoms. The minimum Gasteiger partial charge on any atom is -0.460 e. The van der Waals surface area contributed by atoms with Crippen LogP contribution in [0, 0.1) is 15.9 Å². The molecule has 0 aliphatic rings. The topological polar surface area (TPSA) is 116 Å². The molecule has 0 radical (unpaired) electrons. The van der Waals surface area contributed by atoms with E-state index in [1.165, 1.54) is 0 Å². The quantitative estimate of drug-likeness (QED) is 0.452. The Morgan fingerprint density at radius 1 is 1.20 bits per heavy atom. The second-order valence-corrected chi connectivity index (χ2v) is 6.61. The van der Waals surface area contributed by atoms with E-state index in [2.05, 4.69) is 0 Å². The molecule has 0 atom stereocenters. The first-order valence-electron chi connectivity index (χ1n) is 6.93. The van der Waals surface area contributed by atoms with E-state index in [0.29, 0.717) is 12.1 Å². The van der Waals surface area contributed by atoms with Gasteiger partial charge in [-0.2, -0.15) is 9.11 Å². The highest BCUT2D eigenvalue weighted by atomic mass is 32.2. The molecule has 0 unspecified atom stereocenters. The zero-order valence-electron chi connectivity index (χ0n) is 12.7. The van der Waals surface area contributed by atoms with Gasteiger partial charge in [-0.1, -0.05) is 30.3 Å². The monoisotopic (exact) mass is 368 g/mol. The van der Waals surface area contributed by atoms with Crippen LogP contribution in [0.2, 0.25) is 0 Å². The zero-order chi connectivity index (χ0) is 18.4. The van der Waals surface area contributed by atoms with Crippen molar-refractivity contribution in [1.29, 1.82) is 0 Å². The Morgan fingerprint density at radius 3 is 2.52 bits per heavy atom. The summed E-state index contributed by atoms with van der Waals surface area (Å²) in [5, 5.41) is 10.7. The highest BCUT2D eigenvalue weighted by Crippen LogP contribution is 2.21. The lowest BCUT2D eigenvalue weighted by molar-refractivity contribution is -0.387. The second-order valence-electron chi connectivity index (χ2n) is 4.84. The number of ether oxygens (including phenoxy) is 1. The highest BCUT2D eigenvalue weighted by molar-refractivity contribution is 7.89. The molecule has 0 aliphatic heterocycles. The van der Waals surface area contributed by atoms with Gasteiger partial charge in [-0.3, -0.25) is 14.9 Å². The van der Waals surface area contributed by atoms with E-state index < -0.39 is 43.9 Å². The Balaban J connectivity index is 1.98. The van der Waals surface area contributed by atoms with Gasteiger partial charge in [0, 0.05) is 6.07 Å². The van der Waals surface area contributed by atoms with Crippen molar-refractivity contribution in [3.8, 4) is 0 Å². The smallest absolute Gasteiger partial charge is 0.321 e. The zero-order valence-corrected chi connectivity index (χ0v) is 13.5. The standard InChI is InChI=1S/C15H13FN2O6S/c16-13-7-6-12(8-14(13)18(20)21)25(22,23)17-9-15(19)24-10-11-4-2-1-3-5-11/h1-8,17H,9-10H2. The van der Waals surface area contributed by atoms with Gasteiger partial charge in [-0.05, 0) is 17.7 Å². The predicted octanol–water partition coefficient (Wildman–Crippen LogP) is 1.76. The first-order chi connectivity index (χ1) is 11.8. The molecule has 0 spiro atoms. The number of hydrogen-bond donors (Lipinski definition) is 1. The fourth-order valence-electron chi connectivity index (χ4n) is 1.83. The lowest BCUT2D eigenvalue weighted by atomic mass is 10.2. The maximum atomic E-state index is 13.3. The van der Waals surface area contributed by atoms with Crippen molar-refractivity contribution in [2.75, 3.05) is 6.54 Å². The molecule has 0 fully saturated rings. The number of nitro benzene ring substituents is 1. The molecule has 8 nitrogen and oxygen atoms in total. The minimum absolute atomic E-state index is 0.0244. The van der Waals surface area contributed by atoms with Gasteiger partial charge in [0.1, 0.15) is 13.2 Å². The molecule has 2 rings (SSSR count). The lowest BCUT2D eigenvalue weighted by Crippen LogP contribution is -2.30. The van der Waals surface area contributed by atoms with Crippen LogP contribution in [0.1, 0.15) is 5.56 Å². The third kappa shape index (κ3) is 5.06. The minimum atomic E-state index is -4.23. The Morgan fingerprint density at radius 2 is 1.88 bits per heavy atom. The lowest BCUT2D eigenvalue weighted by Gasteiger charge is -2.08. The molecular formula is C15H13FN2O6S. The number of hydrogen-bond acceptors (Lipinski definition) is 6.